The smallest absolute Gasteiger partial charge is 0.449 e. The van der Waals surface area contributed by atoms with E-state index < -0.39 is 18.4 Å². The van der Waals surface area contributed by atoms with E-state index in [1.54, 1.807) is 6.07 Å². The van der Waals surface area contributed by atoms with Gasteiger partial charge < -0.3 is 17.7 Å². The number of hydrogen-bond donors (Lipinski definition) is 0. The molecule has 0 aromatic heterocycles. The van der Waals surface area contributed by atoms with Crippen molar-refractivity contribution >= 4 is 6.98 Å². The maximum atomic E-state index is 12.1. The molecule has 0 aromatic rings. The minimum atomic E-state index is -4.86. The van der Waals surface area contributed by atoms with E-state index in [-0.39, 0.29) is 64.4 Å². The summed E-state index contributed by atoms with van der Waals surface area (Å²) in [5, 5.41) is 8.47. The molecule has 1 rings (SSSR count). The first-order chi connectivity index (χ1) is 5.37. The Morgan fingerprint density at radius 1 is 1.54 bits per heavy atom. The second-order valence-corrected chi connectivity index (χ2v) is 3.24. The molecule has 7 heteroatoms. The topological polar surface area (TPSA) is 33.0 Å². The summed E-state index contributed by atoms with van der Waals surface area (Å²) in [7, 11) is 0. The van der Waals surface area contributed by atoms with Gasteiger partial charge in [-0.05, 0) is 19.2 Å². The number of nitrogens with zero attached hydrogens (tertiary/aromatic N) is 1. The zero-order valence-corrected chi connectivity index (χ0v) is 10.7. The zero-order valence-electron chi connectivity index (χ0n) is 7.56. The molecule has 0 aromatic carbocycles. The van der Waals surface area contributed by atoms with Crippen LogP contribution in [0.2, 0.25) is 5.82 Å². The van der Waals surface area contributed by atoms with E-state index in [4.69, 9.17) is 10.00 Å². The maximum Gasteiger partial charge on any atom is 1.00 e. The predicted octanol–water partition coefficient (Wildman–Crippen LogP) is -1.09. The molecule has 0 saturated carbocycles. The molecule has 0 radical (unpaired) electrons. The fourth-order valence-electron chi connectivity index (χ4n) is 1.23. The van der Waals surface area contributed by atoms with Gasteiger partial charge in [-0.3, -0.25) is 0 Å². The van der Waals surface area contributed by atoms with Gasteiger partial charge in [0.2, 0.25) is 0 Å². The van der Waals surface area contributed by atoms with Crippen molar-refractivity contribution in [3.63, 3.8) is 0 Å². The molecule has 0 bridgehead atoms. The number of ether oxygens (including phenoxy) is 1. The minimum absolute atomic E-state index is 0. The van der Waals surface area contributed by atoms with Crippen molar-refractivity contribution in [3.05, 3.63) is 0 Å². The number of halogens is 3. The number of hydrogen-bond acceptors (Lipinski definition) is 2. The molecule has 1 fully saturated rings. The Kier molecular flexibility index (Phi) is 4.98. The molecular formula is C6H8BF3KNO. The van der Waals surface area contributed by atoms with Crippen LogP contribution in [0.1, 0.15) is 13.3 Å². The quantitative estimate of drug-likeness (QED) is 0.523. The van der Waals surface area contributed by atoms with E-state index in [0.717, 1.165) is 0 Å². The first-order valence-electron chi connectivity index (χ1n) is 3.62. The molecule has 68 valence electrons. The van der Waals surface area contributed by atoms with Gasteiger partial charge in [-0.1, -0.05) is 0 Å². The molecule has 2 atom stereocenters. The van der Waals surface area contributed by atoms with Crippen molar-refractivity contribution in [1.82, 2.24) is 0 Å². The Morgan fingerprint density at radius 3 is 2.31 bits per heavy atom. The fraction of sp³-hybridized carbons (Fsp3) is 0.833. The van der Waals surface area contributed by atoms with Crippen LogP contribution in [0, 0.1) is 11.3 Å². The van der Waals surface area contributed by atoms with E-state index >= 15 is 0 Å². The molecule has 13 heavy (non-hydrogen) atoms. The van der Waals surface area contributed by atoms with Gasteiger partial charge in [0, 0.05) is 6.61 Å². The molecule has 1 saturated heterocycles. The van der Waals surface area contributed by atoms with Crippen LogP contribution in [-0.4, -0.2) is 19.2 Å². The van der Waals surface area contributed by atoms with Gasteiger partial charge in [-0.15, -0.1) is 0 Å². The van der Waals surface area contributed by atoms with E-state index in [1.807, 2.05) is 0 Å². The molecular weight excluding hydrogens is 209 g/mol. The van der Waals surface area contributed by atoms with Gasteiger partial charge in [0.25, 0.3) is 0 Å². The van der Waals surface area contributed by atoms with E-state index in [2.05, 4.69) is 0 Å². The normalized spacial score (nSPS) is 33.6. The first-order valence-corrected chi connectivity index (χ1v) is 3.62. The van der Waals surface area contributed by atoms with Crippen LogP contribution in [0.4, 0.5) is 12.9 Å². The van der Waals surface area contributed by atoms with Gasteiger partial charge in [-0.2, -0.15) is 5.26 Å². The van der Waals surface area contributed by atoms with Crippen LogP contribution in [0.15, 0.2) is 0 Å². The average Bonchev–Trinajstić information content (AvgIpc) is 2.32. The van der Waals surface area contributed by atoms with Crippen molar-refractivity contribution in [2.45, 2.75) is 24.8 Å². The van der Waals surface area contributed by atoms with Gasteiger partial charge in [-0.25, -0.2) is 0 Å². The van der Waals surface area contributed by atoms with Crippen molar-refractivity contribution in [3.8, 4) is 6.07 Å². The summed E-state index contributed by atoms with van der Waals surface area (Å²) in [5.74, 6) is -1.42. The van der Waals surface area contributed by atoms with Crippen LogP contribution in [0.3, 0.4) is 0 Å². The summed E-state index contributed by atoms with van der Waals surface area (Å²) in [6, 6.07) is 1.73. The van der Waals surface area contributed by atoms with Crippen molar-refractivity contribution in [2.24, 2.45) is 0 Å². The Morgan fingerprint density at radius 2 is 2.08 bits per heavy atom. The third-order valence-electron chi connectivity index (χ3n) is 2.04. The third kappa shape index (κ3) is 3.53. The third-order valence-corrected chi connectivity index (χ3v) is 2.04. The summed E-state index contributed by atoms with van der Waals surface area (Å²) >= 11 is 0. The number of rotatable bonds is 1. The summed E-state index contributed by atoms with van der Waals surface area (Å²) in [6.45, 7) is -3.84. The summed E-state index contributed by atoms with van der Waals surface area (Å²) in [6.07, 6.45) is -0.229. The Hall–Kier alpha value is 0.941. The SMILES string of the molecule is CC1(C#N)CC([B-](F)(F)F)CO1.[K+]. The predicted molar refractivity (Wildman–Crippen MR) is 37.4 cm³/mol. The van der Waals surface area contributed by atoms with Crippen LogP contribution in [-0.2, 0) is 4.74 Å². The largest absolute Gasteiger partial charge is 1.00 e. The van der Waals surface area contributed by atoms with Crippen LogP contribution in [0.25, 0.3) is 0 Å². The summed E-state index contributed by atoms with van der Waals surface area (Å²) < 4.78 is 41.1. The second kappa shape index (κ2) is 4.64. The molecule has 1 heterocycles. The molecule has 0 spiro atoms. The van der Waals surface area contributed by atoms with Gasteiger partial charge in [0.15, 0.2) is 0 Å². The zero-order chi connectivity index (χ0) is 9.41. The van der Waals surface area contributed by atoms with Crippen LogP contribution >= 0.6 is 0 Å². The van der Waals surface area contributed by atoms with Crippen molar-refractivity contribution in [2.75, 3.05) is 6.61 Å². The van der Waals surface area contributed by atoms with Crippen LogP contribution in [0.5, 0.6) is 0 Å². The van der Waals surface area contributed by atoms with E-state index in [0.29, 0.717) is 0 Å². The minimum Gasteiger partial charge on any atom is -0.449 e. The molecule has 0 N–H and O–H groups in total. The Bertz CT molecular complexity index is 229. The average molecular weight is 217 g/mol. The summed E-state index contributed by atoms with van der Waals surface area (Å²) in [5.41, 5.74) is -1.23. The number of nitriles is 1. The first kappa shape index (κ1) is 13.9. The fourth-order valence-corrected chi connectivity index (χ4v) is 1.23. The molecule has 1 aliphatic heterocycles. The monoisotopic (exact) mass is 217 g/mol. The molecule has 2 unspecified atom stereocenters. The van der Waals surface area contributed by atoms with E-state index in [9.17, 15) is 12.9 Å². The van der Waals surface area contributed by atoms with Crippen LogP contribution < -0.4 is 51.4 Å². The van der Waals surface area contributed by atoms with Crippen molar-refractivity contribution in [1.29, 1.82) is 5.26 Å². The molecule has 2 nitrogen and oxygen atoms in total. The van der Waals surface area contributed by atoms with Gasteiger partial charge in [0.1, 0.15) is 5.60 Å². The standard InChI is InChI=1S/C6H8BF3NO.K/c1-6(4-11)2-5(3-12-6)7(8,9)10;/h5H,2-3H2,1H3;/q-1;+1. The Balaban J connectivity index is 0.00000144. The molecule has 1 aliphatic rings. The molecule has 0 aliphatic carbocycles. The van der Waals surface area contributed by atoms with Gasteiger partial charge in [0.05, 0.1) is 6.07 Å². The molecule has 0 amide bonds. The Labute approximate surface area is 117 Å². The maximum absolute atomic E-state index is 12.1. The van der Waals surface area contributed by atoms with Crippen molar-refractivity contribution < 1.29 is 69.1 Å². The van der Waals surface area contributed by atoms with E-state index in [1.165, 1.54) is 6.92 Å². The summed E-state index contributed by atoms with van der Waals surface area (Å²) in [4.78, 5) is 0. The van der Waals surface area contributed by atoms with Gasteiger partial charge >= 0.3 is 58.4 Å². The second-order valence-electron chi connectivity index (χ2n) is 3.24.